The van der Waals surface area contributed by atoms with Crippen molar-refractivity contribution in [1.82, 2.24) is 0 Å². The highest BCUT2D eigenvalue weighted by Gasteiger charge is 2.09. The molecule has 0 aromatic heterocycles. The van der Waals surface area contributed by atoms with Crippen molar-refractivity contribution in [2.24, 2.45) is 0 Å². The number of ketones is 1. The lowest BCUT2D eigenvalue weighted by Crippen LogP contribution is -1.96. The van der Waals surface area contributed by atoms with Gasteiger partial charge in [0.1, 0.15) is 0 Å². The quantitative estimate of drug-likeness (QED) is 0.422. The van der Waals surface area contributed by atoms with Crippen LogP contribution in [0, 0.1) is 3.57 Å². The smallest absolute Gasteiger partial charge is 0.160 e. The molecule has 1 aromatic rings. The maximum atomic E-state index is 11.1. The van der Waals surface area contributed by atoms with E-state index < -0.39 is 0 Å². The fourth-order valence-electron chi connectivity index (χ4n) is 0.812. The van der Waals surface area contributed by atoms with Crippen LogP contribution in [0.2, 0.25) is 5.02 Å². The van der Waals surface area contributed by atoms with Gasteiger partial charge in [-0.1, -0.05) is 27.5 Å². The van der Waals surface area contributed by atoms with Crippen LogP contribution < -0.4 is 0 Å². The Morgan fingerprint density at radius 3 is 2.67 bits per heavy atom. The average Bonchev–Trinajstić information content (AvgIpc) is 1.96. The van der Waals surface area contributed by atoms with E-state index in [4.69, 9.17) is 11.6 Å². The van der Waals surface area contributed by atoms with Gasteiger partial charge in [0, 0.05) is 13.6 Å². The predicted molar refractivity (Wildman–Crippen MR) is 61.9 cm³/mol. The van der Waals surface area contributed by atoms with E-state index >= 15 is 0 Å². The fraction of sp³-hybridized carbons (Fsp3) is 0.125. The van der Waals surface area contributed by atoms with E-state index in [0.29, 0.717) is 10.6 Å². The molecular weight excluding hydrogens is 354 g/mol. The summed E-state index contributed by atoms with van der Waals surface area (Å²) in [6.07, 6.45) is 0. The van der Waals surface area contributed by atoms with Crippen LogP contribution in [-0.4, -0.2) is 5.78 Å². The highest BCUT2D eigenvalue weighted by Crippen LogP contribution is 2.27. The number of hydrogen-bond donors (Lipinski definition) is 0. The number of carbonyl (C=O) groups excluding carboxylic acids is 1. The lowest BCUT2D eigenvalue weighted by molar-refractivity contribution is 0.101. The molecule has 0 heterocycles. The molecule has 0 atom stereocenters. The second-order valence-electron chi connectivity index (χ2n) is 2.31. The summed E-state index contributed by atoms with van der Waals surface area (Å²) in [5, 5.41) is 0.607. The number of benzene rings is 1. The molecule has 1 rings (SSSR count). The molecule has 1 aromatic carbocycles. The summed E-state index contributed by atoms with van der Waals surface area (Å²) >= 11 is 11.2. The third-order valence-electron chi connectivity index (χ3n) is 1.37. The Kier molecular flexibility index (Phi) is 3.55. The standard InChI is InChI=1S/C8H5BrClIO/c1-4(12)6-2-5(9)3-7(10)8(6)11/h2-3H,1H3. The summed E-state index contributed by atoms with van der Waals surface area (Å²) < 4.78 is 1.64. The Balaban J connectivity index is 3.37. The molecule has 0 saturated carbocycles. The van der Waals surface area contributed by atoms with Gasteiger partial charge in [0.15, 0.2) is 5.78 Å². The first-order valence-electron chi connectivity index (χ1n) is 3.18. The lowest BCUT2D eigenvalue weighted by Gasteiger charge is -2.02. The van der Waals surface area contributed by atoms with Crippen molar-refractivity contribution in [2.45, 2.75) is 6.92 Å². The minimum Gasteiger partial charge on any atom is -0.294 e. The van der Waals surface area contributed by atoms with E-state index in [1.807, 2.05) is 0 Å². The molecule has 0 spiro atoms. The Bertz CT molecular complexity index is 338. The van der Waals surface area contributed by atoms with Gasteiger partial charge in [0.05, 0.1) is 5.02 Å². The zero-order chi connectivity index (χ0) is 9.30. The monoisotopic (exact) mass is 358 g/mol. The molecule has 0 radical (unpaired) electrons. The predicted octanol–water partition coefficient (Wildman–Crippen LogP) is 3.91. The summed E-state index contributed by atoms with van der Waals surface area (Å²) in [4.78, 5) is 11.1. The minimum absolute atomic E-state index is 0.0302. The van der Waals surface area contributed by atoms with E-state index in [1.54, 1.807) is 12.1 Å². The van der Waals surface area contributed by atoms with Crippen molar-refractivity contribution in [3.8, 4) is 0 Å². The molecule has 0 bridgehead atoms. The van der Waals surface area contributed by atoms with E-state index in [9.17, 15) is 4.79 Å². The van der Waals surface area contributed by atoms with Crippen molar-refractivity contribution < 1.29 is 4.79 Å². The second kappa shape index (κ2) is 4.07. The molecule has 0 fully saturated rings. The third-order valence-corrected chi connectivity index (χ3v) is 3.61. The van der Waals surface area contributed by atoms with Crippen molar-refractivity contribution in [3.05, 3.63) is 30.8 Å². The zero-order valence-corrected chi connectivity index (χ0v) is 10.7. The van der Waals surface area contributed by atoms with Crippen LogP contribution in [0.25, 0.3) is 0 Å². The summed E-state index contributed by atoms with van der Waals surface area (Å²) in [6, 6.07) is 3.55. The van der Waals surface area contributed by atoms with Crippen LogP contribution in [0.15, 0.2) is 16.6 Å². The van der Waals surface area contributed by atoms with Gasteiger partial charge in [-0.15, -0.1) is 0 Å². The molecule has 0 unspecified atom stereocenters. The van der Waals surface area contributed by atoms with E-state index in [2.05, 4.69) is 38.5 Å². The average molecular weight is 359 g/mol. The van der Waals surface area contributed by atoms with Crippen LogP contribution in [0.1, 0.15) is 17.3 Å². The molecule has 0 saturated heterocycles. The molecule has 12 heavy (non-hydrogen) atoms. The first-order valence-corrected chi connectivity index (χ1v) is 5.43. The van der Waals surface area contributed by atoms with Gasteiger partial charge in [-0.05, 0) is 41.6 Å². The third kappa shape index (κ3) is 2.20. The molecule has 0 N–H and O–H groups in total. The maximum Gasteiger partial charge on any atom is 0.160 e. The zero-order valence-electron chi connectivity index (χ0n) is 6.20. The molecule has 0 aliphatic carbocycles. The number of rotatable bonds is 1. The maximum absolute atomic E-state index is 11.1. The number of Topliss-reactive ketones (excluding diaryl/α,β-unsaturated/α-hetero) is 1. The van der Waals surface area contributed by atoms with Crippen molar-refractivity contribution in [2.75, 3.05) is 0 Å². The summed E-state index contributed by atoms with van der Waals surface area (Å²) in [6.45, 7) is 1.53. The van der Waals surface area contributed by atoms with Gasteiger partial charge in [0.2, 0.25) is 0 Å². The number of carbonyl (C=O) groups is 1. The summed E-state index contributed by atoms with van der Waals surface area (Å²) in [7, 11) is 0. The highest BCUT2D eigenvalue weighted by molar-refractivity contribution is 14.1. The molecule has 1 nitrogen and oxygen atoms in total. The van der Waals surface area contributed by atoms with Crippen molar-refractivity contribution in [3.63, 3.8) is 0 Å². The fourth-order valence-corrected chi connectivity index (χ4v) is 2.31. The largest absolute Gasteiger partial charge is 0.294 e. The van der Waals surface area contributed by atoms with E-state index in [-0.39, 0.29) is 5.78 Å². The van der Waals surface area contributed by atoms with Gasteiger partial charge in [-0.25, -0.2) is 0 Å². The van der Waals surface area contributed by atoms with Gasteiger partial charge >= 0.3 is 0 Å². The normalized spacial score (nSPS) is 10.0. The van der Waals surface area contributed by atoms with Crippen LogP contribution >= 0.6 is 50.1 Å². The first kappa shape index (κ1) is 10.5. The molecule has 64 valence electrons. The van der Waals surface area contributed by atoms with Crippen LogP contribution in [-0.2, 0) is 0 Å². The van der Waals surface area contributed by atoms with Gasteiger partial charge in [-0.3, -0.25) is 4.79 Å². The SMILES string of the molecule is CC(=O)c1cc(Br)cc(Cl)c1I. The Morgan fingerprint density at radius 1 is 1.58 bits per heavy atom. The van der Waals surface area contributed by atoms with Gasteiger partial charge in [-0.2, -0.15) is 0 Å². The minimum atomic E-state index is 0.0302. The molecule has 0 amide bonds. The van der Waals surface area contributed by atoms with Crippen molar-refractivity contribution >= 4 is 55.9 Å². The van der Waals surface area contributed by atoms with Crippen LogP contribution in [0.4, 0.5) is 0 Å². The van der Waals surface area contributed by atoms with Gasteiger partial charge < -0.3 is 0 Å². The molecule has 4 heteroatoms. The Hall–Kier alpha value is 0.390. The Labute approximate surface area is 97.8 Å². The second-order valence-corrected chi connectivity index (χ2v) is 4.71. The van der Waals surface area contributed by atoms with Crippen LogP contribution in [0.3, 0.4) is 0 Å². The lowest BCUT2D eigenvalue weighted by atomic mass is 10.1. The first-order chi connectivity index (χ1) is 5.52. The number of hydrogen-bond acceptors (Lipinski definition) is 1. The summed E-state index contributed by atoms with van der Waals surface area (Å²) in [5.74, 6) is 0.0302. The molecule has 0 aliphatic heterocycles. The highest BCUT2D eigenvalue weighted by atomic mass is 127. The van der Waals surface area contributed by atoms with Gasteiger partial charge in [0.25, 0.3) is 0 Å². The topological polar surface area (TPSA) is 17.1 Å². The molecule has 0 aliphatic rings. The number of halogens is 3. The van der Waals surface area contributed by atoms with E-state index in [1.165, 1.54) is 6.92 Å². The Morgan fingerprint density at radius 2 is 2.17 bits per heavy atom. The van der Waals surface area contributed by atoms with E-state index in [0.717, 1.165) is 8.04 Å². The summed E-state index contributed by atoms with van der Waals surface area (Å²) in [5.41, 5.74) is 0.662. The molecular formula is C8H5BrClIO. The van der Waals surface area contributed by atoms with Crippen LogP contribution in [0.5, 0.6) is 0 Å². The van der Waals surface area contributed by atoms with Crippen molar-refractivity contribution in [1.29, 1.82) is 0 Å².